The molecule has 0 fully saturated rings. The van der Waals surface area contributed by atoms with Gasteiger partial charge in [-0.25, -0.2) is 4.98 Å². The Morgan fingerprint density at radius 2 is 1.50 bits per heavy atom. The summed E-state index contributed by atoms with van der Waals surface area (Å²) in [5.74, 6) is -0.965. The smallest absolute Gasteiger partial charge is 0.324 e. The summed E-state index contributed by atoms with van der Waals surface area (Å²) in [6.07, 6.45) is -13.5. The summed E-state index contributed by atoms with van der Waals surface area (Å²) in [6, 6.07) is -0.0607. The van der Waals surface area contributed by atoms with Crippen LogP contribution in [-0.2, 0) is 25.1 Å². The minimum Gasteiger partial charge on any atom is -0.324 e. The molecule has 0 spiro atoms. The number of unbranched alkanes of at least 4 members (excludes halogenated alkanes) is 3. The molecule has 1 aromatic heterocycles. The number of nitrogens with zero attached hydrogens (tertiary/aromatic N) is 2. The van der Waals surface area contributed by atoms with Crippen LogP contribution in [0.4, 0.5) is 51.1 Å². The molecule has 0 aliphatic heterocycles. The summed E-state index contributed by atoms with van der Waals surface area (Å²) in [5.41, 5.74) is -7.93. The minimum atomic E-state index is -5.32. The molecule has 1 heterocycles. The lowest BCUT2D eigenvalue weighted by Crippen LogP contribution is -2.29. The van der Waals surface area contributed by atoms with Gasteiger partial charge >= 0.3 is 18.5 Å². The molecule has 2 aromatic rings. The maximum atomic E-state index is 13.3. The number of rotatable bonds is 7. The first kappa shape index (κ1) is 28.1. The van der Waals surface area contributed by atoms with Crippen LogP contribution >= 0.6 is 23.2 Å². The Balaban J connectivity index is 2.73. The van der Waals surface area contributed by atoms with Gasteiger partial charge in [0.2, 0.25) is 5.95 Å². The molecule has 2 rings (SSSR count). The lowest BCUT2D eigenvalue weighted by atomic mass is 10.1. The number of benzene rings is 1. The zero-order valence-corrected chi connectivity index (χ0v) is 18.7. The molecule has 0 saturated heterocycles. The number of hydrogen-bond acceptors (Lipinski definition) is 3. The number of anilines is 2. The predicted octanol–water partition coefficient (Wildman–Crippen LogP) is 7.93. The van der Waals surface area contributed by atoms with Crippen LogP contribution in [0.1, 0.15) is 49.4 Å². The molecule has 0 aliphatic carbocycles. The summed E-state index contributed by atoms with van der Waals surface area (Å²) in [6.45, 7) is 1.61. The molecule has 0 atom stereocenters. The molecule has 1 aromatic carbocycles. The van der Waals surface area contributed by atoms with E-state index in [1.807, 2.05) is 12.2 Å². The number of hydrogen-bond donors (Lipinski definition) is 1. The van der Waals surface area contributed by atoms with Gasteiger partial charge in [0.1, 0.15) is 5.02 Å². The van der Waals surface area contributed by atoms with E-state index in [-0.39, 0.29) is 25.1 Å². The third kappa shape index (κ3) is 6.49. The summed E-state index contributed by atoms with van der Waals surface area (Å²) in [7, 11) is 0. The monoisotopic (exact) mass is 543 g/mol. The molecule has 0 aliphatic rings. The van der Waals surface area contributed by atoms with Crippen molar-refractivity contribution in [2.75, 3.05) is 5.32 Å². The van der Waals surface area contributed by atoms with Crippen molar-refractivity contribution in [2.45, 2.75) is 57.7 Å². The Kier molecular flexibility index (Phi) is 8.45. The average molecular weight is 544 g/mol. The highest BCUT2D eigenvalue weighted by molar-refractivity contribution is 6.34. The van der Waals surface area contributed by atoms with Gasteiger partial charge in [-0.2, -0.15) is 39.5 Å². The number of halogens is 11. The molecule has 4 nitrogen and oxygen atoms in total. The summed E-state index contributed by atoms with van der Waals surface area (Å²) in [4.78, 5) is 15.7. The third-order valence-electron chi connectivity index (χ3n) is 4.57. The van der Waals surface area contributed by atoms with E-state index >= 15 is 0 Å². The highest BCUT2D eigenvalue weighted by atomic mass is 35.5. The van der Waals surface area contributed by atoms with Gasteiger partial charge in [0.15, 0.2) is 5.69 Å². The van der Waals surface area contributed by atoms with Crippen LogP contribution in [0.5, 0.6) is 0 Å². The van der Waals surface area contributed by atoms with Crippen LogP contribution in [0, 0.1) is 0 Å². The van der Waals surface area contributed by atoms with E-state index in [1.54, 1.807) is 0 Å². The molecular formula is C19H16Cl2F9N3O. The van der Waals surface area contributed by atoms with E-state index in [2.05, 4.69) is 4.98 Å². The van der Waals surface area contributed by atoms with Crippen LogP contribution in [0.3, 0.4) is 0 Å². The van der Waals surface area contributed by atoms with Crippen LogP contribution in [0.25, 0.3) is 0 Å². The van der Waals surface area contributed by atoms with Gasteiger partial charge in [-0.15, -0.1) is 0 Å². The Labute approximate surface area is 196 Å². The van der Waals surface area contributed by atoms with Gasteiger partial charge in [-0.05, 0) is 18.6 Å². The van der Waals surface area contributed by atoms with E-state index in [9.17, 15) is 44.3 Å². The molecule has 190 valence electrons. The van der Waals surface area contributed by atoms with Crippen molar-refractivity contribution < 1.29 is 39.5 Å². The molecule has 0 bridgehead atoms. The molecule has 0 radical (unpaired) electrons. The Morgan fingerprint density at radius 1 is 0.882 bits per heavy atom. The van der Waals surface area contributed by atoms with E-state index in [4.69, 9.17) is 23.2 Å². The van der Waals surface area contributed by atoms with Crippen LogP contribution < -0.4 is 10.9 Å². The minimum absolute atomic E-state index is 0.174. The summed E-state index contributed by atoms with van der Waals surface area (Å²) >= 11 is 11.2. The van der Waals surface area contributed by atoms with Crippen molar-refractivity contribution in [3.63, 3.8) is 0 Å². The standard InChI is InChI=1S/C19H16Cl2F9N3O/c1-2-3-4-5-6-33-15(34)13(21)14(19(28,29)30)32-16(33)31-11-8-9(17(22,23)24)7-10(12(11)20)18(25,26)27/h7-8H,2-6H2,1H3,(H,31,32). The molecule has 1 N–H and O–H groups in total. The highest BCUT2D eigenvalue weighted by Crippen LogP contribution is 2.43. The number of alkyl halides is 9. The van der Waals surface area contributed by atoms with Gasteiger partial charge in [0, 0.05) is 6.54 Å². The highest BCUT2D eigenvalue weighted by Gasteiger charge is 2.40. The zero-order chi connectivity index (χ0) is 26.1. The second kappa shape index (κ2) is 10.2. The van der Waals surface area contributed by atoms with E-state index in [0.717, 1.165) is 6.42 Å². The van der Waals surface area contributed by atoms with Gasteiger partial charge in [-0.1, -0.05) is 49.4 Å². The summed E-state index contributed by atoms with van der Waals surface area (Å²) in [5, 5.41) is -0.597. The Bertz CT molecular complexity index is 1090. The van der Waals surface area contributed by atoms with E-state index < -0.39 is 62.6 Å². The maximum absolute atomic E-state index is 13.3. The van der Waals surface area contributed by atoms with Crippen molar-refractivity contribution in [3.05, 3.63) is 49.4 Å². The van der Waals surface area contributed by atoms with Crippen molar-refractivity contribution in [1.29, 1.82) is 0 Å². The topological polar surface area (TPSA) is 46.9 Å². The lowest BCUT2D eigenvalue weighted by molar-refractivity contribution is -0.143. The average Bonchev–Trinajstić information content (AvgIpc) is 2.68. The van der Waals surface area contributed by atoms with Crippen LogP contribution in [-0.4, -0.2) is 9.55 Å². The SMILES string of the molecule is CCCCCCn1c(Nc2cc(C(F)(F)F)cc(C(F)(F)F)c2Cl)nc(C(F)(F)F)c(Cl)c1=O. The van der Waals surface area contributed by atoms with E-state index in [1.165, 1.54) is 0 Å². The first-order chi connectivity index (χ1) is 15.5. The largest absolute Gasteiger partial charge is 0.435 e. The Morgan fingerprint density at radius 3 is 2.00 bits per heavy atom. The van der Waals surface area contributed by atoms with Crippen molar-refractivity contribution >= 4 is 34.8 Å². The second-order valence-corrected chi connectivity index (χ2v) is 7.88. The first-order valence-electron chi connectivity index (χ1n) is 9.61. The molecule has 0 unspecified atom stereocenters. The van der Waals surface area contributed by atoms with Crippen molar-refractivity contribution in [2.24, 2.45) is 0 Å². The van der Waals surface area contributed by atoms with Crippen LogP contribution in [0.15, 0.2) is 16.9 Å². The second-order valence-electron chi connectivity index (χ2n) is 7.12. The van der Waals surface area contributed by atoms with Crippen molar-refractivity contribution in [3.8, 4) is 0 Å². The molecular weight excluding hydrogens is 528 g/mol. The molecule has 34 heavy (non-hydrogen) atoms. The van der Waals surface area contributed by atoms with Crippen molar-refractivity contribution in [1.82, 2.24) is 9.55 Å². The molecule has 0 saturated carbocycles. The molecule has 15 heteroatoms. The fourth-order valence-corrected chi connectivity index (χ4v) is 3.44. The predicted molar refractivity (Wildman–Crippen MR) is 107 cm³/mol. The van der Waals surface area contributed by atoms with Gasteiger partial charge in [0.25, 0.3) is 5.56 Å². The normalized spacial score (nSPS) is 12.8. The fraction of sp³-hybridized carbons (Fsp3) is 0.474. The van der Waals surface area contributed by atoms with Crippen LogP contribution in [0.2, 0.25) is 10.0 Å². The van der Waals surface area contributed by atoms with Gasteiger partial charge in [0.05, 0.1) is 21.8 Å². The molecule has 0 amide bonds. The number of aromatic nitrogens is 2. The van der Waals surface area contributed by atoms with Gasteiger partial charge < -0.3 is 5.32 Å². The Hall–Kier alpha value is -2.15. The maximum Gasteiger partial charge on any atom is 0.435 e. The first-order valence-corrected chi connectivity index (χ1v) is 10.4. The summed E-state index contributed by atoms with van der Waals surface area (Å²) < 4.78 is 120. The van der Waals surface area contributed by atoms with Gasteiger partial charge in [-0.3, -0.25) is 9.36 Å². The van der Waals surface area contributed by atoms with E-state index in [0.29, 0.717) is 17.4 Å². The number of nitrogens with one attached hydrogen (secondary N) is 1. The fourth-order valence-electron chi connectivity index (χ4n) is 2.92. The third-order valence-corrected chi connectivity index (χ3v) is 5.32. The lowest BCUT2D eigenvalue weighted by Gasteiger charge is -2.20. The quantitative estimate of drug-likeness (QED) is 0.285. The zero-order valence-electron chi connectivity index (χ0n) is 17.2.